The molecule has 3 rings (SSSR count). The van der Waals surface area contributed by atoms with Gasteiger partial charge in [0.15, 0.2) is 11.3 Å². The van der Waals surface area contributed by atoms with Crippen molar-refractivity contribution in [3.05, 3.63) is 65.1 Å². The number of aryl methyl sites for hydroxylation is 1. The number of alkyl halides is 3. The fourth-order valence-corrected chi connectivity index (χ4v) is 2.51. The third-order valence-electron chi connectivity index (χ3n) is 3.73. The van der Waals surface area contributed by atoms with Crippen LogP contribution in [-0.4, -0.2) is 20.5 Å². The number of aromatic nitrogens is 3. The minimum Gasteiger partial charge on any atom is -0.344 e. The van der Waals surface area contributed by atoms with Gasteiger partial charge in [-0.3, -0.25) is 4.79 Å². The average Bonchev–Trinajstić information content (AvgIpc) is 2.97. The first-order chi connectivity index (χ1) is 11.8. The number of amides is 1. The molecule has 2 heterocycles. The lowest BCUT2D eigenvalue weighted by Crippen LogP contribution is -2.27. The van der Waals surface area contributed by atoms with Crippen molar-refractivity contribution in [1.29, 1.82) is 0 Å². The van der Waals surface area contributed by atoms with Crippen molar-refractivity contribution in [3.63, 3.8) is 0 Å². The summed E-state index contributed by atoms with van der Waals surface area (Å²) in [6.07, 6.45) is -4.59. The van der Waals surface area contributed by atoms with Crippen LogP contribution in [0.4, 0.5) is 13.2 Å². The van der Waals surface area contributed by atoms with Gasteiger partial charge >= 0.3 is 6.18 Å². The Kier molecular flexibility index (Phi) is 4.20. The highest BCUT2D eigenvalue weighted by Gasteiger charge is 2.35. The second kappa shape index (κ2) is 6.19. The molecule has 1 N–H and O–H groups in total. The fraction of sp³-hybridized carbons (Fsp3) is 0.235. The second-order valence-corrected chi connectivity index (χ2v) is 5.69. The number of carbonyl (C=O) groups is 1. The van der Waals surface area contributed by atoms with Crippen LogP contribution in [0.2, 0.25) is 0 Å². The summed E-state index contributed by atoms with van der Waals surface area (Å²) in [5.74, 6) is -0.562. The summed E-state index contributed by atoms with van der Waals surface area (Å²) in [6.45, 7) is 3.24. The Morgan fingerprint density at radius 2 is 1.88 bits per heavy atom. The Hall–Kier alpha value is -2.90. The highest BCUT2D eigenvalue weighted by atomic mass is 19.4. The molecule has 130 valence electrons. The van der Waals surface area contributed by atoms with Crippen LogP contribution >= 0.6 is 0 Å². The summed E-state index contributed by atoms with van der Waals surface area (Å²) in [5, 5.41) is 6.51. The number of carbonyl (C=O) groups excluding carboxylic acids is 1. The summed E-state index contributed by atoms with van der Waals surface area (Å²) < 4.78 is 40.1. The lowest BCUT2D eigenvalue weighted by molar-refractivity contribution is -0.142. The molecular formula is C17H15F3N4O. The van der Waals surface area contributed by atoms with Crippen LogP contribution in [0, 0.1) is 6.92 Å². The molecule has 1 aromatic carbocycles. The Morgan fingerprint density at radius 3 is 2.52 bits per heavy atom. The average molecular weight is 348 g/mol. The third-order valence-corrected chi connectivity index (χ3v) is 3.73. The van der Waals surface area contributed by atoms with E-state index in [2.05, 4.69) is 15.4 Å². The zero-order valence-electron chi connectivity index (χ0n) is 13.5. The number of fused-ring (bicyclic) bond motifs is 1. The van der Waals surface area contributed by atoms with E-state index in [1.807, 2.05) is 30.3 Å². The number of benzene rings is 1. The molecule has 0 bridgehead atoms. The van der Waals surface area contributed by atoms with E-state index >= 15 is 0 Å². The van der Waals surface area contributed by atoms with Crippen LogP contribution in [0.25, 0.3) is 5.65 Å². The quantitative estimate of drug-likeness (QED) is 0.787. The number of nitrogens with zero attached hydrogens (tertiary/aromatic N) is 3. The maximum absolute atomic E-state index is 13.2. The first-order valence-electron chi connectivity index (χ1n) is 7.56. The highest BCUT2D eigenvalue weighted by molar-refractivity contribution is 5.93. The summed E-state index contributed by atoms with van der Waals surface area (Å²) in [4.78, 5) is 16.4. The van der Waals surface area contributed by atoms with E-state index in [1.54, 1.807) is 6.92 Å². The maximum Gasteiger partial charge on any atom is 0.433 e. The minimum atomic E-state index is -4.59. The van der Waals surface area contributed by atoms with Crippen LogP contribution in [0.15, 0.2) is 42.5 Å². The lowest BCUT2D eigenvalue weighted by Gasteiger charge is -2.13. The topological polar surface area (TPSA) is 59.3 Å². The van der Waals surface area contributed by atoms with Gasteiger partial charge in [0.25, 0.3) is 5.91 Å². The van der Waals surface area contributed by atoms with Crippen molar-refractivity contribution in [1.82, 2.24) is 19.9 Å². The van der Waals surface area contributed by atoms with Crippen molar-refractivity contribution >= 4 is 11.6 Å². The monoisotopic (exact) mass is 348 g/mol. The standard InChI is InChI=1S/C17H15F3N4O/c1-10-8-14(17(18,19)20)24-15(21-10)9-13(23-24)16(25)22-11(2)12-6-4-3-5-7-12/h3-9,11H,1-2H3,(H,22,25). The molecule has 1 atom stereocenters. The Labute approximate surface area is 141 Å². The second-order valence-electron chi connectivity index (χ2n) is 5.69. The lowest BCUT2D eigenvalue weighted by atomic mass is 10.1. The van der Waals surface area contributed by atoms with Gasteiger partial charge in [-0.1, -0.05) is 30.3 Å². The smallest absolute Gasteiger partial charge is 0.344 e. The molecule has 0 aliphatic carbocycles. The van der Waals surface area contributed by atoms with Gasteiger partial charge in [0.2, 0.25) is 0 Å². The number of nitrogens with one attached hydrogen (secondary N) is 1. The van der Waals surface area contributed by atoms with Crippen molar-refractivity contribution < 1.29 is 18.0 Å². The zero-order valence-corrected chi connectivity index (χ0v) is 13.5. The van der Waals surface area contributed by atoms with Gasteiger partial charge in [0, 0.05) is 11.8 Å². The molecule has 0 saturated carbocycles. The normalized spacial score (nSPS) is 13.0. The number of hydrogen-bond acceptors (Lipinski definition) is 3. The van der Waals surface area contributed by atoms with Crippen LogP contribution in [0.5, 0.6) is 0 Å². The van der Waals surface area contributed by atoms with E-state index in [0.29, 0.717) is 4.52 Å². The predicted molar refractivity (Wildman–Crippen MR) is 85.0 cm³/mol. The molecule has 25 heavy (non-hydrogen) atoms. The van der Waals surface area contributed by atoms with Gasteiger partial charge in [0.1, 0.15) is 5.69 Å². The van der Waals surface area contributed by atoms with Crippen molar-refractivity contribution in [3.8, 4) is 0 Å². The van der Waals surface area contributed by atoms with Gasteiger partial charge in [-0.25, -0.2) is 9.50 Å². The SMILES string of the molecule is Cc1cc(C(F)(F)F)n2nc(C(=O)NC(C)c3ccccc3)cc2n1. The Bertz CT molecular complexity index is 919. The molecule has 0 saturated heterocycles. The Balaban J connectivity index is 1.93. The van der Waals surface area contributed by atoms with Crippen LogP contribution in [0.1, 0.15) is 40.4 Å². The van der Waals surface area contributed by atoms with Crippen molar-refractivity contribution in [2.45, 2.75) is 26.1 Å². The molecule has 0 spiro atoms. The van der Waals surface area contributed by atoms with Gasteiger partial charge in [-0.15, -0.1) is 0 Å². The van der Waals surface area contributed by atoms with Crippen molar-refractivity contribution in [2.24, 2.45) is 0 Å². The van der Waals surface area contributed by atoms with Crippen LogP contribution in [-0.2, 0) is 6.18 Å². The van der Waals surface area contributed by atoms with Gasteiger partial charge in [0.05, 0.1) is 6.04 Å². The van der Waals surface area contributed by atoms with Crippen LogP contribution in [0.3, 0.4) is 0 Å². The Morgan fingerprint density at radius 1 is 1.20 bits per heavy atom. The largest absolute Gasteiger partial charge is 0.433 e. The molecule has 0 fully saturated rings. The first kappa shape index (κ1) is 16.9. The molecule has 5 nitrogen and oxygen atoms in total. The summed E-state index contributed by atoms with van der Waals surface area (Å²) in [7, 11) is 0. The molecular weight excluding hydrogens is 333 g/mol. The van der Waals surface area contributed by atoms with E-state index in [0.717, 1.165) is 11.6 Å². The van der Waals surface area contributed by atoms with Gasteiger partial charge < -0.3 is 5.32 Å². The summed E-state index contributed by atoms with van der Waals surface area (Å²) in [5.41, 5.74) is -0.0321. The fourth-order valence-electron chi connectivity index (χ4n) is 2.51. The van der Waals surface area contributed by atoms with E-state index < -0.39 is 17.8 Å². The summed E-state index contributed by atoms with van der Waals surface area (Å²) in [6, 6.07) is 11.1. The van der Waals surface area contributed by atoms with Gasteiger partial charge in [-0.05, 0) is 25.5 Å². The maximum atomic E-state index is 13.2. The van der Waals surface area contributed by atoms with E-state index in [1.165, 1.54) is 13.0 Å². The molecule has 0 aliphatic rings. The van der Waals surface area contributed by atoms with E-state index in [4.69, 9.17) is 0 Å². The molecule has 1 unspecified atom stereocenters. The molecule has 2 aromatic heterocycles. The van der Waals surface area contributed by atoms with Gasteiger partial charge in [-0.2, -0.15) is 18.3 Å². The molecule has 0 aliphatic heterocycles. The predicted octanol–water partition coefficient (Wildman–Crippen LogP) is 3.55. The first-order valence-corrected chi connectivity index (χ1v) is 7.56. The number of rotatable bonds is 3. The summed E-state index contributed by atoms with van der Waals surface area (Å²) >= 11 is 0. The third kappa shape index (κ3) is 3.47. The minimum absolute atomic E-state index is 0.0233. The highest BCUT2D eigenvalue weighted by Crippen LogP contribution is 2.29. The number of hydrogen-bond donors (Lipinski definition) is 1. The molecule has 1 amide bonds. The van der Waals surface area contributed by atoms with Crippen molar-refractivity contribution in [2.75, 3.05) is 0 Å². The van der Waals surface area contributed by atoms with Crippen LogP contribution < -0.4 is 5.32 Å². The zero-order chi connectivity index (χ0) is 18.2. The van der Waals surface area contributed by atoms with E-state index in [-0.39, 0.29) is 23.1 Å². The van der Waals surface area contributed by atoms with E-state index in [9.17, 15) is 18.0 Å². The molecule has 8 heteroatoms. The number of halogens is 3. The molecule has 3 aromatic rings. The molecule has 0 radical (unpaired) electrons.